The van der Waals surface area contributed by atoms with Crippen LogP contribution in [-0.2, 0) is 9.47 Å². The number of rotatable bonds is 6. The van der Waals surface area contributed by atoms with Crippen LogP contribution in [0, 0.1) is 0 Å². The van der Waals surface area contributed by atoms with Gasteiger partial charge in [0, 0.05) is 17.7 Å². The highest BCUT2D eigenvalue weighted by atomic mass is 16.7. The Labute approximate surface area is 236 Å². The van der Waals surface area contributed by atoms with Crippen LogP contribution in [-0.4, -0.2) is 119 Å². The fourth-order valence-corrected chi connectivity index (χ4v) is 5.07. The van der Waals surface area contributed by atoms with E-state index in [9.17, 15) is 55.9 Å². The van der Waals surface area contributed by atoms with E-state index in [1.807, 2.05) is 0 Å². The second-order valence-electron chi connectivity index (χ2n) is 10.1. The van der Waals surface area contributed by atoms with E-state index in [1.165, 1.54) is 24.3 Å². The highest BCUT2D eigenvalue weighted by molar-refractivity contribution is 5.88. The molecule has 2 aliphatic heterocycles. The largest absolute Gasteiger partial charge is 0.508 e. The summed E-state index contributed by atoms with van der Waals surface area (Å²) in [4.78, 5) is 13.2. The van der Waals surface area contributed by atoms with Crippen LogP contribution >= 0.6 is 0 Å². The summed E-state index contributed by atoms with van der Waals surface area (Å²) in [6.45, 7) is -1.59. The minimum atomic E-state index is -1.94. The van der Waals surface area contributed by atoms with Gasteiger partial charge >= 0.3 is 0 Å². The molecule has 2 saturated heterocycles. The Kier molecular flexibility index (Phi) is 8.41. The molecule has 0 aliphatic carbocycles. The Hall–Kier alpha value is -3.35. The Morgan fingerprint density at radius 2 is 1.33 bits per heavy atom. The smallest absolute Gasteiger partial charge is 0.229 e. The Morgan fingerprint density at radius 1 is 0.738 bits per heavy atom. The van der Waals surface area contributed by atoms with Gasteiger partial charge in [-0.1, -0.05) is 0 Å². The second kappa shape index (κ2) is 11.7. The molecule has 228 valence electrons. The van der Waals surface area contributed by atoms with E-state index >= 15 is 0 Å². The third kappa shape index (κ3) is 5.20. The molecule has 0 radical (unpaired) electrons. The Bertz CT molecular complexity index is 1470. The van der Waals surface area contributed by atoms with Crippen molar-refractivity contribution in [3.05, 3.63) is 52.2 Å². The third-order valence-corrected chi connectivity index (χ3v) is 7.41. The molecule has 15 nitrogen and oxygen atoms in total. The van der Waals surface area contributed by atoms with Crippen molar-refractivity contribution in [2.24, 2.45) is 0 Å². The summed E-state index contributed by atoms with van der Waals surface area (Å²) >= 11 is 0. The van der Waals surface area contributed by atoms with E-state index in [1.54, 1.807) is 0 Å². The lowest BCUT2D eigenvalue weighted by atomic mass is 9.89. The first kappa shape index (κ1) is 30.1. The molecule has 5 rings (SSSR count). The van der Waals surface area contributed by atoms with Crippen LogP contribution in [0.5, 0.6) is 17.2 Å². The Balaban J connectivity index is 1.68. The number of aliphatic hydroxyl groups excluding tert-OH is 8. The van der Waals surface area contributed by atoms with Gasteiger partial charge in [0.1, 0.15) is 88.9 Å². The molecule has 0 bridgehead atoms. The maximum Gasteiger partial charge on any atom is 0.229 e. The number of ether oxygens (including phenoxy) is 3. The summed E-state index contributed by atoms with van der Waals surface area (Å²) < 4.78 is 22.6. The number of aliphatic hydroxyl groups is 8. The molecule has 0 unspecified atom stereocenters. The van der Waals surface area contributed by atoms with Crippen LogP contribution in [0.4, 0.5) is 0 Å². The van der Waals surface area contributed by atoms with Gasteiger partial charge in [-0.05, 0) is 24.3 Å². The lowest BCUT2D eigenvalue weighted by Crippen LogP contribution is -2.60. The number of fused-ring (bicyclic) bond motifs is 1. The average molecular weight is 595 g/mol. The van der Waals surface area contributed by atoms with Gasteiger partial charge in [0.2, 0.25) is 6.29 Å². The second-order valence-corrected chi connectivity index (χ2v) is 10.1. The van der Waals surface area contributed by atoms with E-state index in [4.69, 9.17) is 18.6 Å². The Morgan fingerprint density at radius 3 is 1.95 bits per heavy atom. The van der Waals surface area contributed by atoms with Gasteiger partial charge in [0.15, 0.2) is 5.43 Å². The molecule has 3 aromatic rings. The molecule has 42 heavy (non-hydrogen) atoms. The number of benzene rings is 2. The maximum absolute atomic E-state index is 13.2. The zero-order valence-electron chi connectivity index (χ0n) is 21.7. The fourth-order valence-electron chi connectivity index (χ4n) is 5.07. The maximum atomic E-state index is 13.2. The predicted molar refractivity (Wildman–Crippen MR) is 138 cm³/mol. The highest BCUT2D eigenvalue weighted by Gasteiger charge is 2.48. The summed E-state index contributed by atoms with van der Waals surface area (Å²) in [5, 5.41) is 102. The predicted octanol–water partition coefficient (Wildman–Crippen LogP) is -2.44. The van der Waals surface area contributed by atoms with Gasteiger partial charge in [-0.25, -0.2) is 0 Å². The molecule has 0 saturated carbocycles. The van der Waals surface area contributed by atoms with Crippen LogP contribution < -0.4 is 10.2 Å². The van der Waals surface area contributed by atoms with Crippen LogP contribution in [0.2, 0.25) is 0 Å². The molecule has 10 atom stereocenters. The number of hydrogen-bond donors (Lipinski definition) is 10. The van der Waals surface area contributed by atoms with Crippen molar-refractivity contribution in [3.8, 4) is 28.6 Å². The number of hydrogen-bond acceptors (Lipinski definition) is 15. The van der Waals surface area contributed by atoms with E-state index in [-0.39, 0.29) is 17.1 Å². The quantitative estimate of drug-likeness (QED) is 0.142. The monoisotopic (exact) mass is 594 g/mol. The van der Waals surface area contributed by atoms with E-state index < -0.39 is 102 Å². The summed E-state index contributed by atoms with van der Waals surface area (Å²) in [6, 6.07) is 7.78. The molecule has 0 spiro atoms. The third-order valence-electron chi connectivity index (χ3n) is 7.41. The molecule has 0 amide bonds. The fraction of sp³-hybridized carbons (Fsp3) is 0.444. The van der Waals surface area contributed by atoms with Crippen molar-refractivity contribution in [2.75, 3.05) is 13.2 Å². The van der Waals surface area contributed by atoms with E-state index in [0.29, 0.717) is 5.56 Å². The van der Waals surface area contributed by atoms with Crippen molar-refractivity contribution >= 4 is 11.0 Å². The van der Waals surface area contributed by atoms with Gasteiger partial charge in [0.25, 0.3) is 0 Å². The SMILES string of the molecule is O=c1cc(-c2ccc(O)cc2)oc2cc(O[C@H]3O[C@@H](CO)[C@H](O)[C@@H](O)[C@@H]3O)c([C@H]3O[C@@H](CO)[C@H](O)[C@@H](O)[C@@H]3O)c(O)c12. The molecule has 10 N–H and O–H groups in total. The van der Waals surface area contributed by atoms with Crippen molar-refractivity contribution in [1.82, 2.24) is 0 Å². The first-order chi connectivity index (χ1) is 20.0. The minimum Gasteiger partial charge on any atom is -0.508 e. The average Bonchev–Trinajstić information content (AvgIpc) is 2.97. The molecule has 1 aromatic heterocycles. The summed E-state index contributed by atoms with van der Waals surface area (Å²) in [7, 11) is 0. The minimum absolute atomic E-state index is 0.0197. The van der Waals surface area contributed by atoms with Gasteiger partial charge in [-0.2, -0.15) is 0 Å². The molecule has 2 aliphatic rings. The highest BCUT2D eigenvalue weighted by Crippen LogP contribution is 2.46. The molecule has 2 fully saturated rings. The van der Waals surface area contributed by atoms with Gasteiger partial charge < -0.3 is 69.7 Å². The van der Waals surface area contributed by atoms with Gasteiger partial charge in [-0.3, -0.25) is 4.79 Å². The summed E-state index contributed by atoms with van der Waals surface area (Å²) in [5.41, 5.74) is -1.13. The van der Waals surface area contributed by atoms with Crippen molar-refractivity contribution in [2.45, 2.75) is 61.2 Å². The number of phenols is 2. The van der Waals surface area contributed by atoms with Gasteiger partial charge in [-0.15, -0.1) is 0 Å². The summed E-state index contributed by atoms with van der Waals surface area (Å²) in [6.07, 6.45) is -17.4. The van der Waals surface area contributed by atoms with Crippen molar-refractivity contribution in [3.63, 3.8) is 0 Å². The molecule has 15 heteroatoms. The lowest BCUT2D eigenvalue weighted by molar-refractivity contribution is -0.278. The lowest BCUT2D eigenvalue weighted by Gasteiger charge is -2.42. The number of phenolic OH excluding ortho intramolecular Hbond substituents is 2. The van der Waals surface area contributed by atoms with Crippen LogP contribution in [0.3, 0.4) is 0 Å². The van der Waals surface area contributed by atoms with Crippen LogP contribution in [0.15, 0.2) is 45.6 Å². The van der Waals surface area contributed by atoms with Crippen LogP contribution in [0.25, 0.3) is 22.3 Å². The normalized spacial score (nSPS) is 33.5. The zero-order chi connectivity index (χ0) is 30.5. The van der Waals surface area contributed by atoms with Crippen LogP contribution in [0.1, 0.15) is 11.7 Å². The molecular weight excluding hydrogens is 564 g/mol. The first-order valence-corrected chi connectivity index (χ1v) is 12.9. The van der Waals surface area contributed by atoms with E-state index in [0.717, 1.165) is 12.1 Å². The van der Waals surface area contributed by atoms with Crippen molar-refractivity contribution < 1.29 is 69.7 Å². The standard InChI is InChI=1S/C27H30O15/c28-7-15-19(32)22(35)24(37)26(40-15)18-14(41-27-25(38)23(36)20(33)16(8-29)42-27)6-13-17(21(18)34)11(31)5-12(39-13)9-1-3-10(30)4-2-9/h1-6,15-16,19-20,22-30,32-38H,7-8H2/t15-,16-,19-,20-,22+,23+,24-,25-,26+,27-/m0/s1. The van der Waals surface area contributed by atoms with Crippen molar-refractivity contribution in [1.29, 1.82) is 0 Å². The molecule has 2 aromatic carbocycles. The molecular formula is C27H30O15. The van der Waals surface area contributed by atoms with Gasteiger partial charge in [0.05, 0.1) is 18.8 Å². The number of aromatic hydroxyl groups is 2. The van der Waals surface area contributed by atoms with E-state index in [2.05, 4.69) is 0 Å². The summed E-state index contributed by atoms with van der Waals surface area (Å²) in [5.74, 6) is -1.33. The first-order valence-electron chi connectivity index (χ1n) is 12.9. The zero-order valence-corrected chi connectivity index (χ0v) is 21.7. The molecule has 3 heterocycles. The topological polar surface area (TPSA) is 260 Å².